The molecule has 0 radical (unpaired) electrons. The van der Waals surface area contributed by atoms with Crippen molar-refractivity contribution in [3.05, 3.63) is 11.1 Å². The maximum atomic E-state index is 10.8. The molecule has 0 atom stereocenters. The van der Waals surface area contributed by atoms with Gasteiger partial charge in [-0.05, 0) is 11.7 Å². The van der Waals surface area contributed by atoms with Gasteiger partial charge in [0.05, 0.1) is 5.69 Å². The minimum absolute atomic E-state index is 0.0641. The van der Waals surface area contributed by atoms with E-state index in [0.717, 1.165) is 17.2 Å². The molecule has 1 aromatic rings. The lowest BCUT2D eigenvalue weighted by Gasteiger charge is -2.01. The number of thioether (sulfide) groups is 1. The van der Waals surface area contributed by atoms with Crippen molar-refractivity contribution in [1.82, 2.24) is 4.98 Å². The average Bonchev–Trinajstić information content (AvgIpc) is 2.50. The quantitative estimate of drug-likeness (QED) is 0.865. The van der Waals surface area contributed by atoms with Gasteiger partial charge >= 0.3 is 0 Å². The molecule has 1 heterocycles. The van der Waals surface area contributed by atoms with Crippen molar-refractivity contribution >= 4 is 34.1 Å². The van der Waals surface area contributed by atoms with Crippen LogP contribution >= 0.6 is 23.1 Å². The van der Waals surface area contributed by atoms with E-state index in [1.165, 1.54) is 18.3 Å². The molecule has 0 aliphatic heterocycles. The van der Waals surface area contributed by atoms with Gasteiger partial charge in [0.2, 0.25) is 5.91 Å². The predicted octanol–water partition coefficient (Wildman–Crippen LogP) is 2.99. The molecule has 1 amide bonds. The summed E-state index contributed by atoms with van der Waals surface area (Å²) in [6, 6.07) is 0. The Balaban J connectivity index is 2.36. The SMILES string of the molecule is CC(=O)Nc1nc(CSCC(C)C)cs1. The first-order valence-corrected chi connectivity index (χ1v) is 6.91. The number of amides is 1. The third kappa shape index (κ3) is 5.18. The van der Waals surface area contributed by atoms with Gasteiger partial charge < -0.3 is 5.32 Å². The maximum Gasteiger partial charge on any atom is 0.223 e. The number of rotatable bonds is 5. The molecule has 3 nitrogen and oxygen atoms in total. The normalized spacial score (nSPS) is 10.7. The third-order valence-electron chi connectivity index (χ3n) is 1.54. The number of carbonyl (C=O) groups excluding carboxylic acids is 1. The molecule has 1 N–H and O–H groups in total. The van der Waals surface area contributed by atoms with E-state index in [1.54, 1.807) is 0 Å². The monoisotopic (exact) mass is 244 g/mol. The Bertz CT molecular complexity index is 323. The zero-order valence-electron chi connectivity index (χ0n) is 9.24. The second-order valence-corrected chi connectivity index (χ2v) is 5.62. The van der Waals surface area contributed by atoms with Crippen molar-refractivity contribution < 1.29 is 4.79 Å². The van der Waals surface area contributed by atoms with E-state index < -0.39 is 0 Å². The van der Waals surface area contributed by atoms with Crippen molar-refractivity contribution in [2.75, 3.05) is 11.1 Å². The van der Waals surface area contributed by atoms with E-state index in [9.17, 15) is 4.79 Å². The molecule has 0 saturated carbocycles. The van der Waals surface area contributed by atoms with Gasteiger partial charge in [0.15, 0.2) is 5.13 Å². The Kier molecular flexibility index (Phi) is 5.11. The molecule has 84 valence electrons. The molecule has 0 aliphatic carbocycles. The summed E-state index contributed by atoms with van der Waals surface area (Å²) in [5.74, 6) is 2.72. The molecule has 0 spiro atoms. The van der Waals surface area contributed by atoms with Gasteiger partial charge in [-0.2, -0.15) is 11.8 Å². The summed E-state index contributed by atoms with van der Waals surface area (Å²) in [6.07, 6.45) is 0. The lowest BCUT2D eigenvalue weighted by atomic mass is 10.3. The van der Waals surface area contributed by atoms with Gasteiger partial charge in [-0.25, -0.2) is 4.98 Å². The molecule has 0 aromatic carbocycles. The number of thiazole rings is 1. The van der Waals surface area contributed by atoms with Crippen molar-refractivity contribution in [3.8, 4) is 0 Å². The standard InChI is InChI=1S/C10H16N2OS2/c1-7(2)4-14-5-9-6-15-10(12-9)11-8(3)13/h6-7H,4-5H2,1-3H3,(H,11,12,13). The molecule has 0 saturated heterocycles. The Morgan fingerprint density at radius 1 is 1.67 bits per heavy atom. The lowest BCUT2D eigenvalue weighted by molar-refractivity contribution is -0.114. The van der Waals surface area contributed by atoms with Gasteiger partial charge in [-0.3, -0.25) is 4.79 Å². The number of anilines is 1. The van der Waals surface area contributed by atoms with Crippen LogP contribution in [0, 0.1) is 5.92 Å². The van der Waals surface area contributed by atoms with Crippen molar-refractivity contribution in [1.29, 1.82) is 0 Å². The number of nitrogens with zero attached hydrogens (tertiary/aromatic N) is 1. The molecule has 0 aliphatic rings. The van der Waals surface area contributed by atoms with Gasteiger partial charge in [-0.15, -0.1) is 11.3 Å². The highest BCUT2D eigenvalue weighted by molar-refractivity contribution is 7.98. The zero-order valence-corrected chi connectivity index (χ0v) is 10.9. The van der Waals surface area contributed by atoms with Crippen molar-refractivity contribution in [2.45, 2.75) is 26.5 Å². The van der Waals surface area contributed by atoms with E-state index in [-0.39, 0.29) is 5.91 Å². The fraction of sp³-hybridized carbons (Fsp3) is 0.600. The van der Waals surface area contributed by atoms with Crippen molar-refractivity contribution in [3.63, 3.8) is 0 Å². The molecule has 1 aromatic heterocycles. The summed E-state index contributed by atoms with van der Waals surface area (Å²) in [4.78, 5) is 15.1. The van der Waals surface area contributed by atoms with Crippen LogP contribution in [0.3, 0.4) is 0 Å². The van der Waals surface area contributed by atoms with Crippen LogP contribution in [0.2, 0.25) is 0 Å². The zero-order chi connectivity index (χ0) is 11.3. The molecule has 15 heavy (non-hydrogen) atoms. The maximum absolute atomic E-state index is 10.8. The Labute approximate surface area is 98.7 Å². The minimum atomic E-state index is -0.0641. The second-order valence-electron chi connectivity index (χ2n) is 3.73. The van der Waals surface area contributed by atoms with Crippen LogP contribution in [0.15, 0.2) is 5.38 Å². The summed E-state index contributed by atoms with van der Waals surface area (Å²) in [5, 5.41) is 5.38. The number of carbonyl (C=O) groups is 1. The van der Waals surface area contributed by atoms with E-state index in [1.807, 2.05) is 17.1 Å². The Morgan fingerprint density at radius 2 is 2.40 bits per heavy atom. The molecule has 1 rings (SSSR count). The first kappa shape index (κ1) is 12.5. The molecule has 0 unspecified atom stereocenters. The van der Waals surface area contributed by atoms with Crippen LogP contribution in [0.25, 0.3) is 0 Å². The summed E-state index contributed by atoms with van der Waals surface area (Å²) < 4.78 is 0. The van der Waals surface area contributed by atoms with Gasteiger partial charge in [0.25, 0.3) is 0 Å². The lowest BCUT2D eigenvalue weighted by Crippen LogP contribution is -2.05. The fourth-order valence-corrected chi connectivity index (χ4v) is 2.79. The highest BCUT2D eigenvalue weighted by atomic mass is 32.2. The Morgan fingerprint density at radius 3 is 3.00 bits per heavy atom. The molecule has 0 bridgehead atoms. The molecular formula is C10H16N2OS2. The van der Waals surface area contributed by atoms with Crippen LogP contribution < -0.4 is 5.32 Å². The average molecular weight is 244 g/mol. The topological polar surface area (TPSA) is 42.0 Å². The van der Waals surface area contributed by atoms with Crippen LogP contribution in [0.5, 0.6) is 0 Å². The summed E-state index contributed by atoms with van der Waals surface area (Å²) >= 11 is 3.36. The van der Waals surface area contributed by atoms with Gasteiger partial charge in [0, 0.05) is 18.1 Å². The summed E-state index contributed by atoms with van der Waals surface area (Å²) in [6.45, 7) is 5.90. The highest BCUT2D eigenvalue weighted by Gasteiger charge is 2.03. The first-order valence-electron chi connectivity index (χ1n) is 4.87. The third-order valence-corrected chi connectivity index (χ3v) is 3.74. The number of hydrogen-bond acceptors (Lipinski definition) is 4. The van der Waals surface area contributed by atoms with Crippen LogP contribution in [0.1, 0.15) is 26.5 Å². The van der Waals surface area contributed by atoms with E-state index >= 15 is 0 Å². The van der Waals surface area contributed by atoms with E-state index in [4.69, 9.17) is 0 Å². The second kappa shape index (κ2) is 6.12. The number of aromatic nitrogens is 1. The molecular weight excluding hydrogens is 228 g/mol. The molecule has 0 fully saturated rings. The van der Waals surface area contributed by atoms with Gasteiger partial charge in [-0.1, -0.05) is 13.8 Å². The van der Waals surface area contributed by atoms with Gasteiger partial charge in [0.1, 0.15) is 0 Å². The van der Waals surface area contributed by atoms with Crippen LogP contribution in [-0.2, 0) is 10.5 Å². The highest BCUT2D eigenvalue weighted by Crippen LogP contribution is 2.20. The van der Waals surface area contributed by atoms with Crippen LogP contribution in [0.4, 0.5) is 5.13 Å². The molecule has 5 heteroatoms. The minimum Gasteiger partial charge on any atom is -0.302 e. The predicted molar refractivity (Wildman–Crippen MR) is 67.4 cm³/mol. The summed E-state index contributed by atoms with van der Waals surface area (Å²) in [5.41, 5.74) is 1.05. The van der Waals surface area contributed by atoms with E-state index in [2.05, 4.69) is 24.1 Å². The Hall–Kier alpha value is -0.550. The van der Waals surface area contributed by atoms with Crippen molar-refractivity contribution in [2.24, 2.45) is 5.92 Å². The fourth-order valence-electron chi connectivity index (χ4n) is 0.980. The number of nitrogens with one attached hydrogen (secondary N) is 1. The first-order chi connectivity index (χ1) is 7.08. The largest absolute Gasteiger partial charge is 0.302 e. The number of hydrogen-bond donors (Lipinski definition) is 1. The summed E-state index contributed by atoms with van der Waals surface area (Å²) in [7, 11) is 0. The van der Waals surface area contributed by atoms with Crippen LogP contribution in [-0.4, -0.2) is 16.6 Å². The van der Waals surface area contributed by atoms with E-state index in [0.29, 0.717) is 11.0 Å². The smallest absolute Gasteiger partial charge is 0.223 e.